The van der Waals surface area contributed by atoms with Gasteiger partial charge in [-0.1, -0.05) is 6.92 Å². The predicted molar refractivity (Wildman–Crippen MR) is 58.5 cm³/mol. The summed E-state index contributed by atoms with van der Waals surface area (Å²) in [4.78, 5) is 3.16. The minimum Gasteiger partial charge on any atom is -0.396 e. The summed E-state index contributed by atoms with van der Waals surface area (Å²) in [5.74, 6) is -0.416. The van der Waals surface area contributed by atoms with Crippen molar-refractivity contribution in [3.05, 3.63) is 35.3 Å². The highest BCUT2D eigenvalue weighted by molar-refractivity contribution is 5.81. The van der Waals surface area contributed by atoms with Crippen molar-refractivity contribution in [1.29, 1.82) is 0 Å². The van der Waals surface area contributed by atoms with E-state index < -0.39 is 0 Å². The molecule has 15 heavy (non-hydrogen) atoms. The van der Waals surface area contributed by atoms with Gasteiger partial charge in [0.1, 0.15) is 5.82 Å². The Morgan fingerprint density at radius 1 is 1.40 bits per heavy atom. The summed E-state index contributed by atoms with van der Waals surface area (Å²) in [5.41, 5.74) is 2.49. The molecule has 0 aliphatic heterocycles. The van der Waals surface area contributed by atoms with Crippen molar-refractivity contribution in [1.82, 2.24) is 4.98 Å². The van der Waals surface area contributed by atoms with E-state index in [2.05, 4.69) is 4.98 Å². The monoisotopic (exact) mass is 207 g/mol. The minimum absolute atomic E-state index is 0.0396. The Labute approximate surface area is 87.7 Å². The second-order valence-electron chi connectivity index (χ2n) is 4.00. The van der Waals surface area contributed by atoms with Gasteiger partial charge in [-0.15, -0.1) is 0 Å². The fourth-order valence-corrected chi connectivity index (χ4v) is 1.79. The molecule has 2 rings (SSSR count). The molecule has 0 amide bonds. The van der Waals surface area contributed by atoms with Crippen molar-refractivity contribution in [2.24, 2.45) is 0 Å². The first-order valence-corrected chi connectivity index (χ1v) is 5.01. The number of aromatic amines is 1. The van der Waals surface area contributed by atoms with Gasteiger partial charge in [0.05, 0.1) is 0 Å². The van der Waals surface area contributed by atoms with Gasteiger partial charge in [-0.3, -0.25) is 0 Å². The van der Waals surface area contributed by atoms with Gasteiger partial charge in [-0.05, 0) is 30.7 Å². The Morgan fingerprint density at radius 2 is 2.13 bits per heavy atom. The van der Waals surface area contributed by atoms with Crippen LogP contribution in [0.15, 0.2) is 18.2 Å². The lowest BCUT2D eigenvalue weighted by Gasteiger charge is -2.09. The molecule has 1 atom stereocenters. The number of fused-ring (bicyclic) bond motifs is 1. The molecule has 2 aromatic rings. The highest BCUT2D eigenvalue weighted by Gasteiger charge is 2.12. The van der Waals surface area contributed by atoms with Gasteiger partial charge in [-0.25, -0.2) is 4.39 Å². The number of aliphatic hydroxyl groups is 1. The van der Waals surface area contributed by atoms with Crippen molar-refractivity contribution >= 4 is 10.9 Å². The molecule has 0 spiro atoms. The maximum atomic E-state index is 13.6. The molecule has 1 unspecified atom stereocenters. The number of aromatic nitrogens is 1. The molecule has 1 aromatic heterocycles. The summed E-state index contributed by atoms with van der Waals surface area (Å²) in [6.07, 6.45) is 0. The Hall–Kier alpha value is -1.35. The van der Waals surface area contributed by atoms with E-state index in [1.165, 1.54) is 6.07 Å². The lowest BCUT2D eigenvalue weighted by molar-refractivity contribution is 0.270. The van der Waals surface area contributed by atoms with Crippen LogP contribution in [0.5, 0.6) is 0 Å². The lowest BCUT2D eigenvalue weighted by Crippen LogP contribution is -2.01. The highest BCUT2D eigenvalue weighted by atomic mass is 19.1. The smallest absolute Gasteiger partial charge is 0.127 e. The number of aryl methyl sites for hydroxylation is 1. The van der Waals surface area contributed by atoms with E-state index in [0.29, 0.717) is 5.56 Å². The number of hydrogen-bond acceptors (Lipinski definition) is 1. The third kappa shape index (κ3) is 1.75. The number of halogens is 1. The largest absolute Gasteiger partial charge is 0.396 e. The molecular weight excluding hydrogens is 193 g/mol. The Balaban J connectivity index is 2.60. The Morgan fingerprint density at radius 3 is 2.80 bits per heavy atom. The maximum Gasteiger partial charge on any atom is 0.127 e. The topological polar surface area (TPSA) is 36.0 Å². The summed E-state index contributed by atoms with van der Waals surface area (Å²) in [6.45, 7) is 3.70. The van der Waals surface area contributed by atoms with E-state index in [-0.39, 0.29) is 18.3 Å². The summed E-state index contributed by atoms with van der Waals surface area (Å²) in [6, 6.07) is 5.20. The van der Waals surface area contributed by atoms with Gasteiger partial charge in [0.25, 0.3) is 0 Å². The van der Waals surface area contributed by atoms with Gasteiger partial charge in [0, 0.05) is 29.1 Å². The van der Waals surface area contributed by atoms with E-state index in [1.807, 2.05) is 13.0 Å². The second-order valence-corrected chi connectivity index (χ2v) is 4.00. The molecule has 0 aliphatic carbocycles. The zero-order chi connectivity index (χ0) is 11.0. The number of H-pyrrole nitrogens is 1. The summed E-state index contributed by atoms with van der Waals surface area (Å²) in [5, 5.41) is 9.89. The van der Waals surface area contributed by atoms with Crippen LogP contribution in [-0.4, -0.2) is 16.7 Å². The van der Waals surface area contributed by atoms with Crippen molar-refractivity contribution in [2.75, 3.05) is 6.61 Å². The van der Waals surface area contributed by atoms with Crippen molar-refractivity contribution in [2.45, 2.75) is 19.8 Å². The van der Waals surface area contributed by atoms with Crippen molar-refractivity contribution in [3.8, 4) is 0 Å². The molecule has 1 aromatic carbocycles. The fraction of sp³-hybridized carbons (Fsp3) is 0.333. The van der Waals surface area contributed by atoms with E-state index >= 15 is 0 Å². The van der Waals surface area contributed by atoms with E-state index in [1.54, 1.807) is 13.0 Å². The zero-order valence-corrected chi connectivity index (χ0v) is 8.84. The summed E-state index contributed by atoms with van der Waals surface area (Å²) < 4.78 is 13.6. The summed E-state index contributed by atoms with van der Waals surface area (Å²) in [7, 11) is 0. The second kappa shape index (κ2) is 3.66. The van der Waals surface area contributed by atoms with Crippen LogP contribution in [0.3, 0.4) is 0 Å². The van der Waals surface area contributed by atoms with Gasteiger partial charge in [0.15, 0.2) is 0 Å². The molecule has 0 fully saturated rings. The molecule has 2 N–H and O–H groups in total. The van der Waals surface area contributed by atoms with Crippen LogP contribution in [0.4, 0.5) is 4.39 Å². The Kier molecular flexibility index (Phi) is 2.49. The number of rotatable bonds is 2. The predicted octanol–water partition coefficient (Wildman–Crippen LogP) is 2.71. The standard InChI is InChI=1S/C12H14FNO/c1-7(6-15)10-5-12-9(4-11(10)13)3-8(2)14-12/h3-5,7,14-15H,6H2,1-2H3. The molecule has 0 bridgehead atoms. The summed E-state index contributed by atoms with van der Waals surface area (Å²) >= 11 is 0. The average molecular weight is 207 g/mol. The molecule has 2 nitrogen and oxygen atoms in total. The van der Waals surface area contributed by atoms with Crippen LogP contribution in [0.25, 0.3) is 10.9 Å². The van der Waals surface area contributed by atoms with Crippen molar-refractivity contribution in [3.63, 3.8) is 0 Å². The zero-order valence-electron chi connectivity index (χ0n) is 8.84. The first-order valence-electron chi connectivity index (χ1n) is 5.01. The van der Waals surface area contributed by atoms with Crippen LogP contribution in [-0.2, 0) is 0 Å². The van der Waals surface area contributed by atoms with Crippen LogP contribution >= 0.6 is 0 Å². The van der Waals surface area contributed by atoms with E-state index in [4.69, 9.17) is 5.11 Å². The van der Waals surface area contributed by atoms with Gasteiger partial charge >= 0.3 is 0 Å². The normalized spacial score (nSPS) is 13.3. The quantitative estimate of drug-likeness (QED) is 0.780. The minimum atomic E-state index is -0.247. The third-order valence-electron chi connectivity index (χ3n) is 2.68. The first-order chi connectivity index (χ1) is 7.11. The van der Waals surface area contributed by atoms with E-state index in [0.717, 1.165) is 16.6 Å². The molecular formula is C12H14FNO. The van der Waals surface area contributed by atoms with Crippen molar-refractivity contribution < 1.29 is 9.50 Å². The number of aliphatic hydroxyl groups excluding tert-OH is 1. The molecule has 0 saturated carbocycles. The lowest BCUT2D eigenvalue weighted by atomic mass is 10.0. The molecule has 80 valence electrons. The molecule has 3 heteroatoms. The van der Waals surface area contributed by atoms with Gasteiger partial charge < -0.3 is 10.1 Å². The van der Waals surface area contributed by atoms with E-state index in [9.17, 15) is 4.39 Å². The van der Waals surface area contributed by atoms with Crippen LogP contribution in [0.2, 0.25) is 0 Å². The van der Waals surface area contributed by atoms with Gasteiger partial charge in [0.2, 0.25) is 0 Å². The molecule has 0 aliphatic rings. The SMILES string of the molecule is Cc1cc2cc(F)c(C(C)CO)cc2[nH]1. The number of benzene rings is 1. The van der Waals surface area contributed by atoms with Crippen LogP contribution in [0.1, 0.15) is 24.1 Å². The van der Waals surface area contributed by atoms with Gasteiger partial charge in [-0.2, -0.15) is 0 Å². The molecule has 0 saturated heterocycles. The average Bonchev–Trinajstić information content (AvgIpc) is 2.55. The fourth-order valence-electron chi connectivity index (χ4n) is 1.79. The van der Waals surface area contributed by atoms with Crippen LogP contribution in [0, 0.1) is 12.7 Å². The van der Waals surface area contributed by atoms with Crippen LogP contribution < -0.4 is 0 Å². The Bertz CT molecular complexity index is 490. The molecule has 0 radical (unpaired) electrons. The number of hydrogen-bond donors (Lipinski definition) is 2. The molecule has 1 heterocycles. The highest BCUT2D eigenvalue weighted by Crippen LogP contribution is 2.24. The maximum absolute atomic E-state index is 13.6. The first kappa shape index (κ1) is 10.2. The third-order valence-corrected chi connectivity index (χ3v) is 2.68. The number of nitrogens with one attached hydrogen (secondary N) is 1.